The summed E-state index contributed by atoms with van der Waals surface area (Å²) in [6, 6.07) is 6.48. The third kappa shape index (κ3) is 3.78. The van der Waals surface area contributed by atoms with Crippen molar-refractivity contribution in [3.8, 4) is 0 Å². The summed E-state index contributed by atoms with van der Waals surface area (Å²) in [6.07, 6.45) is 5.72. The summed E-state index contributed by atoms with van der Waals surface area (Å²) < 4.78 is 3.48. The number of hydrogen-bond acceptors (Lipinski definition) is 5. The van der Waals surface area contributed by atoms with Gasteiger partial charge in [0.2, 0.25) is 5.91 Å². The number of piperazine rings is 1. The SMILES string of the molecule is Cc1ccc(N2CCN(C(=O)Cn3cnc4c(nc5n4CCCCC5)c3=O)CC2)c(C)c1. The number of imidazole rings is 1. The molecule has 0 spiro atoms. The summed E-state index contributed by atoms with van der Waals surface area (Å²) in [5, 5.41) is 0. The van der Waals surface area contributed by atoms with E-state index in [0.717, 1.165) is 44.7 Å². The van der Waals surface area contributed by atoms with Crippen LogP contribution in [0.25, 0.3) is 11.2 Å². The molecule has 3 aromatic rings. The zero-order valence-electron chi connectivity index (χ0n) is 18.9. The van der Waals surface area contributed by atoms with E-state index in [1.807, 2.05) is 4.90 Å². The van der Waals surface area contributed by atoms with Crippen LogP contribution in [0.2, 0.25) is 0 Å². The van der Waals surface area contributed by atoms with Crippen molar-refractivity contribution in [3.05, 3.63) is 51.8 Å². The largest absolute Gasteiger partial charge is 0.368 e. The van der Waals surface area contributed by atoms with Crippen LogP contribution in [0.4, 0.5) is 5.69 Å². The predicted octanol–water partition coefficient (Wildman–Crippen LogP) is 2.29. The van der Waals surface area contributed by atoms with Gasteiger partial charge in [-0.2, -0.15) is 0 Å². The van der Waals surface area contributed by atoms with Crippen LogP contribution in [0.1, 0.15) is 36.2 Å². The molecule has 2 aliphatic heterocycles. The van der Waals surface area contributed by atoms with Crippen LogP contribution in [-0.2, 0) is 24.3 Å². The number of amides is 1. The van der Waals surface area contributed by atoms with Crippen molar-refractivity contribution in [2.75, 3.05) is 31.1 Å². The fraction of sp³-hybridized carbons (Fsp3) is 0.500. The lowest BCUT2D eigenvalue weighted by Crippen LogP contribution is -2.50. The Balaban J connectivity index is 1.28. The first-order valence-electron chi connectivity index (χ1n) is 11.6. The summed E-state index contributed by atoms with van der Waals surface area (Å²) in [5.74, 6) is 0.892. The van der Waals surface area contributed by atoms with Crippen molar-refractivity contribution in [3.63, 3.8) is 0 Å². The van der Waals surface area contributed by atoms with Crippen LogP contribution in [0.5, 0.6) is 0 Å². The molecule has 1 fully saturated rings. The Bertz CT molecular complexity index is 1220. The third-order valence-electron chi connectivity index (χ3n) is 6.72. The van der Waals surface area contributed by atoms with Gasteiger partial charge in [0.25, 0.3) is 5.56 Å². The molecule has 1 aromatic carbocycles. The lowest BCUT2D eigenvalue weighted by atomic mass is 10.1. The number of rotatable bonds is 3. The zero-order valence-corrected chi connectivity index (χ0v) is 18.9. The average Bonchev–Trinajstić information content (AvgIpc) is 2.97. The molecule has 0 N–H and O–H groups in total. The molecule has 1 amide bonds. The zero-order chi connectivity index (χ0) is 22.2. The first kappa shape index (κ1) is 20.7. The number of carbonyl (C=O) groups is 1. The van der Waals surface area contributed by atoms with Crippen molar-refractivity contribution >= 4 is 22.8 Å². The molecule has 168 valence electrons. The first-order valence-corrected chi connectivity index (χ1v) is 11.6. The molecule has 4 heterocycles. The number of fused-ring (bicyclic) bond motifs is 3. The Morgan fingerprint density at radius 1 is 1.03 bits per heavy atom. The highest BCUT2D eigenvalue weighted by molar-refractivity contribution is 5.77. The standard InChI is InChI=1S/C24H30N6O2/c1-17-7-8-19(18(2)14-17)27-10-12-28(13-11-27)21(31)15-29-16-25-23-22(24(29)32)26-20-6-4-3-5-9-30(20)23/h7-8,14,16H,3-6,9-13,15H2,1-2H3. The quantitative estimate of drug-likeness (QED) is 0.632. The van der Waals surface area contributed by atoms with Crippen LogP contribution >= 0.6 is 0 Å². The van der Waals surface area contributed by atoms with Gasteiger partial charge in [0.15, 0.2) is 11.2 Å². The Morgan fingerprint density at radius 2 is 1.84 bits per heavy atom. The molecule has 32 heavy (non-hydrogen) atoms. The molecule has 5 rings (SSSR count). The van der Waals surface area contributed by atoms with Gasteiger partial charge in [0.1, 0.15) is 18.7 Å². The molecule has 0 unspecified atom stereocenters. The molecule has 0 bridgehead atoms. The molecular formula is C24H30N6O2. The van der Waals surface area contributed by atoms with E-state index >= 15 is 0 Å². The molecule has 2 aliphatic rings. The molecule has 8 heteroatoms. The number of nitrogens with zero attached hydrogens (tertiary/aromatic N) is 6. The van der Waals surface area contributed by atoms with E-state index < -0.39 is 0 Å². The highest BCUT2D eigenvalue weighted by Crippen LogP contribution is 2.23. The second-order valence-corrected chi connectivity index (χ2v) is 9.00. The maximum Gasteiger partial charge on any atom is 0.282 e. The fourth-order valence-corrected chi connectivity index (χ4v) is 4.95. The van der Waals surface area contributed by atoms with Crippen LogP contribution in [0.15, 0.2) is 29.3 Å². The summed E-state index contributed by atoms with van der Waals surface area (Å²) in [4.78, 5) is 39.2. The molecular weight excluding hydrogens is 404 g/mol. The van der Waals surface area contributed by atoms with Gasteiger partial charge in [-0.25, -0.2) is 9.97 Å². The van der Waals surface area contributed by atoms with Crippen molar-refractivity contribution in [2.24, 2.45) is 0 Å². The molecule has 0 atom stereocenters. The Hall–Kier alpha value is -3.16. The van der Waals surface area contributed by atoms with Gasteiger partial charge in [-0.1, -0.05) is 24.1 Å². The molecule has 0 radical (unpaired) electrons. The monoisotopic (exact) mass is 434 g/mol. The maximum atomic E-state index is 13.0. The van der Waals surface area contributed by atoms with E-state index in [0.29, 0.717) is 24.3 Å². The summed E-state index contributed by atoms with van der Waals surface area (Å²) in [6.45, 7) is 7.96. The lowest BCUT2D eigenvalue weighted by molar-refractivity contribution is -0.132. The van der Waals surface area contributed by atoms with Gasteiger partial charge in [0.05, 0.1) is 0 Å². The fourth-order valence-electron chi connectivity index (χ4n) is 4.95. The number of anilines is 1. The van der Waals surface area contributed by atoms with Crippen molar-refractivity contribution < 1.29 is 4.79 Å². The van der Waals surface area contributed by atoms with Gasteiger partial charge in [-0.3, -0.25) is 14.2 Å². The second kappa shape index (κ2) is 8.41. The summed E-state index contributed by atoms with van der Waals surface area (Å²) in [5.41, 5.74) is 4.56. The Morgan fingerprint density at radius 3 is 2.62 bits per heavy atom. The van der Waals surface area contributed by atoms with E-state index in [9.17, 15) is 9.59 Å². The number of aromatic nitrogens is 4. The van der Waals surface area contributed by atoms with E-state index in [1.165, 1.54) is 34.1 Å². The average molecular weight is 435 g/mol. The highest BCUT2D eigenvalue weighted by Gasteiger charge is 2.24. The van der Waals surface area contributed by atoms with E-state index in [2.05, 4.69) is 51.5 Å². The Kier molecular flexibility index (Phi) is 5.45. The van der Waals surface area contributed by atoms with Crippen LogP contribution in [0, 0.1) is 13.8 Å². The van der Waals surface area contributed by atoms with Crippen LogP contribution < -0.4 is 10.5 Å². The normalized spacial score (nSPS) is 16.8. The first-order chi connectivity index (χ1) is 15.5. The van der Waals surface area contributed by atoms with Gasteiger partial charge in [-0.15, -0.1) is 0 Å². The highest BCUT2D eigenvalue weighted by atomic mass is 16.2. The minimum atomic E-state index is -0.224. The van der Waals surface area contributed by atoms with Crippen LogP contribution in [0.3, 0.4) is 0 Å². The number of carbonyl (C=O) groups excluding carboxylic acids is 1. The van der Waals surface area contributed by atoms with Gasteiger partial charge < -0.3 is 14.4 Å². The van der Waals surface area contributed by atoms with Crippen molar-refractivity contribution in [1.29, 1.82) is 0 Å². The summed E-state index contributed by atoms with van der Waals surface area (Å²) in [7, 11) is 0. The lowest BCUT2D eigenvalue weighted by Gasteiger charge is -2.37. The molecule has 8 nitrogen and oxygen atoms in total. The minimum absolute atomic E-state index is 0.00747. The third-order valence-corrected chi connectivity index (χ3v) is 6.72. The van der Waals surface area contributed by atoms with E-state index in [1.54, 1.807) is 0 Å². The van der Waals surface area contributed by atoms with E-state index in [4.69, 9.17) is 0 Å². The second-order valence-electron chi connectivity index (χ2n) is 9.00. The predicted molar refractivity (Wildman–Crippen MR) is 124 cm³/mol. The maximum absolute atomic E-state index is 13.0. The van der Waals surface area contributed by atoms with Gasteiger partial charge >= 0.3 is 0 Å². The summed E-state index contributed by atoms with van der Waals surface area (Å²) >= 11 is 0. The number of hydrogen-bond donors (Lipinski definition) is 0. The van der Waals surface area contributed by atoms with E-state index in [-0.39, 0.29) is 18.0 Å². The van der Waals surface area contributed by atoms with Gasteiger partial charge in [-0.05, 0) is 38.3 Å². The number of aryl methyl sites for hydroxylation is 4. The van der Waals surface area contributed by atoms with Crippen molar-refractivity contribution in [2.45, 2.75) is 52.6 Å². The molecule has 2 aromatic heterocycles. The Labute approximate surface area is 187 Å². The number of benzene rings is 1. The molecule has 0 aliphatic carbocycles. The smallest absolute Gasteiger partial charge is 0.282 e. The molecule has 0 saturated carbocycles. The molecule has 1 saturated heterocycles. The van der Waals surface area contributed by atoms with Crippen LogP contribution in [-0.4, -0.2) is 56.1 Å². The van der Waals surface area contributed by atoms with Gasteiger partial charge in [0, 0.05) is 44.8 Å². The van der Waals surface area contributed by atoms with Crippen molar-refractivity contribution in [1.82, 2.24) is 24.0 Å². The topological polar surface area (TPSA) is 76.3 Å². The minimum Gasteiger partial charge on any atom is -0.368 e.